The largest absolute Gasteiger partial charge is 0.467 e. The number of methoxy groups -OCH3 is 3. The van der Waals surface area contributed by atoms with E-state index in [9.17, 15) is 28.8 Å². The minimum absolute atomic E-state index is 0.0279. The van der Waals surface area contributed by atoms with Crippen LogP contribution in [-0.2, 0) is 49.3 Å². The predicted octanol–water partition coefficient (Wildman–Crippen LogP) is 4.82. The van der Waals surface area contributed by atoms with Crippen LogP contribution in [0.1, 0.15) is 107 Å². The minimum Gasteiger partial charge on any atom is -0.467 e. The van der Waals surface area contributed by atoms with Crippen molar-refractivity contribution in [1.29, 1.82) is 0 Å². The highest BCUT2D eigenvalue weighted by molar-refractivity contribution is 5.90. The summed E-state index contributed by atoms with van der Waals surface area (Å²) in [6.45, 7) is 20.2. The van der Waals surface area contributed by atoms with Crippen molar-refractivity contribution in [3.05, 3.63) is 35.9 Å². The van der Waals surface area contributed by atoms with Gasteiger partial charge < -0.3 is 44.7 Å². The van der Waals surface area contributed by atoms with E-state index in [2.05, 4.69) is 16.0 Å². The Morgan fingerprint density at radius 3 is 2.05 bits per heavy atom. The number of alkyl carbamates (subject to hydrolysis) is 1. The van der Waals surface area contributed by atoms with Crippen molar-refractivity contribution < 1.29 is 47.7 Å². The van der Waals surface area contributed by atoms with E-state index in [1.807, 2.05) is 83.8 Å². The molecular weight excluding hydrogens is 821 g/mol. The Morgan fingerprint density at radius 1 is 0.875 bits per heavy atom. The summed E-state index contributed by atoms with van der Waals surface area (Å²) in [6, 6.07) is 6.11. The number of esters is 1. The maximum atomic E-state index is 14.6. The van der Waals surface area contributed by atoms with Crippen molar-refractivity contribution in [1.82, 2.24) is 30.7 Å². The average Bonchev–Trinajstić information content (AvgIpc) is 3.72. The van der Waals surface area contributed by atoms with Crippen LogP contribution < -0.4 is 16.0 Å². The van der Waals surface area contributed by atoms with Crippen LogP contribution >= 0.6 is 0 Å². The Hall–Kier alpha value is -4.28. The van der Waals surface area contributed by atoms with Gasteiger partial charge in [0, 0.05) is 47.3 Å². The molecule has 16 heteroatoms. The van der Waals surface area contributed by atoms with E-state index in [0.29, 0.717) is 45.3 Å². The van der Waals surface area contributed by atoms with E-state index in [4.69, 9.17) is 18.9 Å². The van der Waals surface area contributed by atoms with Gasteiger partial charge in [-0.3, -0.25) is 24.1 Å². The second-order valence-electron chi connectivity index (χ2n) is 19.0. The number of carbonyl (C=O) groups excluding carboxylic acids is 6. The zero-order chi connectivity index (χ0) is 48.5. The zero-order valence-electron chi connectivity index (χ0n) is 41.5. The Bertz CT molecular complexity index is 1640. The molecule has 1 fully saturated rings. The number of ether oxygens (including phenoxy) is 4. The van der Waals surface area contributed by atoms with Gasteiger partial charge in [0.15, 0.2) is 0 Å². The van der Waals surface area contributed by atoms with Crippen LogP contribution in [0, 0.1) is 23.7 Å². The number of nitrogens with zero attached hydrogens (tertiary/aromatic N) is 3. The van der Waals surface area contributed by atoms with Crippen LogP contribution in [0.5, 0.6) is 0 Å². The van der Waals surface area contributed by atoms with Gasteiger partial charge in [-0.15, -0.1) is 0 Å². The molecule has 5 amide bonds. The first-order valence-corrected chi connectivity index (χ1v) is 23.0. The maximum absolute atomic E-state index is 14.6. The molecule has 0 unspecified atom stereocenters. The predicted molar refractivity (Wildman–Crippen MR) is 247 cm³/mol. The lowest BCUT2D eigenvalue weighted by molar-refractivity contribution is -0.149. The first-order chi connectivity index (χ1) is 30.0. The van der Waals surface area contributed by atoms with Gasteiger partial charge in [-0.1, -0.05) is 85.2 Å². The third-order valence-electron chi connectivity index (χ3n) is 12.3. The number of benzene rings is 1. The van der Waals surface area contributed by atoms with Gasteiger partial charge in [0.1, 0.15) is 17.7 Å². The normalized spacial score (nSPS) is 18.0. The molecule has 0 aromatic heterocycles. The third kappa shape index (κ3) is 16.6. The lowest BCUT2D eigenvalue weighted by Gasteiger charge is -2.41. The summed E-state index contributed by atoms with van der Waals surface area (Å²) < 4.78 is 22.4. The molecule has 1 aromatic carbocycles. The molecule has 3 N–H and O–H groups in total. The highest BCUT2D eigenvalue weighted by Gasteiger charge is 2.43. The Balaban J connectivity index is 2.24. The van der Waals surface area contributed by atoms with E-state index < -0.39 is 71.9 Å². The molecule has 364 valence electrons. The van der Waals surface area contributed by atoms with E-state index in [1.165, 1.54) is 14.2 Å². The molecule has 2 rings (SSSR count). The van der Waals surface area contributed by atoms with Crippen molar-refractivity contribution in [3.8, 4) is 0 Å². The summed E-state index contributed by atoms with van der Waals surface area (Å²) in [5.74, 6) is -2.84. The molecule has 0 bridgehead atoms. The Kier molecular flexibility index (Phi) is 23.2. The Labute approximate surface area is 383 Å². The average molecular weight is 903 g/mol. The molecule has 16 nitrogen and oxygen atoms in total. The van der Waals surface area contributed by atoms with Crippen LogP contribution in [0.4, 0.5) is 4.79 Å². The van der Waals surface area contributed by atoms with Gasteiger partial charge in [-0.2, -0.15) is 0 Å². The summed E-state index contributed by atoms with van der Waals surface area (Å²) in [4.78, 5) is 86.9. The molecular formula is C48H82N6O10. The van der Waals surface area contributed by atoms with Gasteiger partial charge in [0.25, 0.3) is 0 Å². The number of likely N-dealkylation sites (tertiary alicyclic amines) is 1. The first-order valence-electron chi connectivity index (χ1n) is 23.0. The van der Waals surface area contributed by atoms with Crippen LogP contribution in [0.3, 0.4) is 0 Å². The molecule has 0 spiro atoms. The molecule has 64 heavy (non-hydrogen) atoms. The summed E-state index contributed by atoms with van der Waals surface area (Å²) in [6.07, 6.45) is 0.968. The lowest BCUT2D eigenvalue weighted by atomic mass is 9.89. The van der Waals surface area contributed by atoms with Crippen LogP contribution in [-0.4, -0.2) is 153 Å². The number of rotatable bonds is 25. The second kappa shape index (κ2) is 26.6. The minimum atomic E-state index is -0.909. The number of nitrogens with one attached hydrogen (secondary N) is 3. The monoisotopic (exact) mass is 903 g/mol. The smallest absolute Gasteiger partial charge is 0.407 e. The summed E-state index contributed by atoms with van der Waals surface area (Å²) in [7, 11) is 7.91. The van der Waals surface area contributed by atoms with E-state index in [1.54, 1.807) is 51.7 Å². The second-order valence-corrected chi connectivity index (χ2v) is 19.0. The van der Waals surface area contributed by atoms with E-state index >= 15 is 0 Å². The van der Waals surface area contributed by atoms with Gasteiger partial charge in [-0.25, -0.2) is 9.59 Å². The fourth-order valence-electron chi connectivity index (χ4n) is 8.75. The summed E-state index contributed by atoms with van der Waals surface area (Å²) in [5.41, 5.74) is 0.261. The molecule has 9 atom stereocenters. The van der Waals surface area contributed by atoms with Gasteiger partial charge in [0.2, 0.25) is 23.6 Å². The van der Waals surface area contributed by atoms with Crippen molar-refractivity contribution in [3.63, 3.8) is 0 Å². The van der Waals surface area contributed by atoms with Gasteiger partial charge >= 0.3 is 12.1 Å². The third-order valence-corrected chi connectivity index (χ3v) is 12.3. The molecule has 0 radical (unpaired) electrons. The van der Waals surface area contributed by atoms with Crippen molar-refractivity contribution in [2.24, 2.45) is 23.7 Å². The molecule has 1 aliphatic rings. The quantitative estimate of drug-likeness (QED) is 0.0904. The highest BCUT2D eigenvalue weighted by atomic mass is 16.6. The summed E-state index contributed by atoms with van der Waals surface area (Å²) in [5, 5.41) is 8.70. The molecule has 0 saturated carbocycles. The maximum Gasteiger partial charge on any atom is 0.407 e. The summed E-state index contributed by atoms with van der Waals surface area (Å²) >= 11 is 0. The van der Waals surface area contributed by atoms with Crippen LogP contribution in [0.15, 0.2) is 30.3 Å². The number of hydrogen-bond acceptors (Lipinski definition) is 11. The lowest BCUT2D eigenvalue weighted by Crippen LogP contribution is -2.60. The topological polar surface area (TPSA) is 185 Å². The van der Waals surface area contributed by atoms with Crippen molar-refractivity contribution >= 4 is 35.7 Å². The van der Waals surface area contributed by atoms with Crippen molar-refractivity contribution in [2.45, 2.75) is 156 Å². The fourth-order valence-corrected chi connectivity index (χ4v) is 8.75. The van der Waals surface area contributed by atoms with E-state index in [-0.39, 0.29) is 48.3 Å². The van der Waals surface area contributed by atoms with Gasteiger partial charge in [-0.05, 0) is 70.4 Å². The van der Waals surface area contributed by atoms with E-state index in [0.717, 1.165) is 5.56 Å². The molecule has 1 aromatic rings. The standard InChI is InChI=1S/C48H82N6O10/c1-16-32(6)41(53(12)45(58)39(30(2)3)51-44(57)40(31(4)5)52(11)26-21-25-49-47(60)64-48(8,9)10)37(61-13)29-38(55)54-27-20-24-36(54)42(62-14)33(7)43(56)50-35(46(59)63-15)28-34-22-18-17-19-23-34/h17-19,22-23,30-33,35-37,39-42H,16,20-21,24-29H2,1-15H3,(H,49,60)(H,50,56)(H,51,57)/t32-,33+,35-,36-,37+,39-,40-,41-,42+/m0/s1. The van der Waals surface area contributed by atoms with Crippen LogP contribution in [0.2, 0.25) is 0 Å². The number of likely N-dealkylation sites (N-methyl/N-ethyl adjacent to an activating group) is 2. The SMILES string of the molecule is CC[C@H](C)[C@@H]([C@@H](CC(=O)N1CCC[C@H]1[C@H](OC)[C@@H](C)C(=O)N[C@@H](Cc1ccccc1)C(=O)OC)OC)N(C)C(=O)[C@@H](NC(=O)[C@H](C(C)C)N(C)CCCNC(=O)OC(C)(C)C)C(C)C. The molecule has 1 aliphatic heterocycles. The molecule has 0 aliphatic carbocycles. The van der Waals surface area contributed by atoms with Gasteiger partial charge in [0.05, 0.1) is 49.8 Å². The number of hydrogen-bond donors (Lipinski definition) is 3. The Morgan fingerprint density at radius 2 is 1.52 bits per heavy atom. The fraction of sp³-hybridized carbons (Fsp3) is 0.750. The molecule has 1 heterocycles. The zero-order valence-corrected chi connectivity index (χ0v) is 41.5. The first kappa shape index (κ1) is 55.9. The number of amides is 5. The van der Waals surface area contributed by atoms with Crippen LogP contribution in [0.25, 0.3) is 0 Å². The van der Waals surface area contributed by atoms with Crippen molar-refractivity contribution in [2.75, 3.05) is 55.1 Å². The highest BCUT2D eigenvalue weighted by Crippen LogP contribution is 2.30. The number of carbonyl (C=O) groups is 6. The molecule has 1 saturated heterocycles.